The van der Waals surface area contributed by atoms with Gasteiger partial charge in [-0.25, -0.2) is 0 Å². The summed E-state index contributed by atoms with van der Waals surface area (Å²) in [6, 6.07) is 4.63. The number of phenolic OH excluding ortho intramolecular Hbond substituents is 1. The first-order valence-corrected chi connectivity index (χ1v) is 5.71. The van der Waals surface area contributed by atoms with Crippen molar-refractivity contribution >= 4 is 11.6 Å². The van der Waals surface area contributed by atoms with Crippen LogP contribution < -0.4 is 11.1 Å². The van der Waals surface area contributed by atoms with E-state index in [2.05, 4.69) is 5.32 Å². The topological polar surface area (TPSA) is 105 Å². The second-order valence-electron chi connectivity index (χ2n) is 3.69. The van der Waals surface area contributed by atoms with E-state index in [1.54, 1.807) is 6.07 Å². The van der Waals surface area contributed by atoms with Gasteiger partial charge in [-0.1, -0.05) is 6.07 Å². The van der Waals surface area contributed by atoms with Gasteiger partial charge in [-0.15, -0.1) is 0 Å². The van der Waals surface area contributed by atoms with Crippen LogP contribution in [0.2, 0.25) is 0 Å². The van der Waals surface area contributed by atoms with E-state index in [1.165, 1.54) is 12.1 Å². The molecule has 0 atom stereocenters. The van der Waals surface area contributed by atoms with E-state index >= 15 is 0 Å². The van der Waals surface area contributed by atoms with Crippen molar-refractivity contribution in [3.8, 4) is 5.75 Å². The number of carbonyl (C=O) groups is 1. The Bertz CT molecular complexity index is 396. The summed E-state index contributed by atoms with van der Waals surface area (Å²) < 4.78 is 5.04. The molecule has 0 heterocycles. The largest absolute Gasteiger partial charge is 0.505 e. The Morgan fingerprint density at radius 2 is 2.17 bits per heavy atom. The highest BCUT2D eigenvalue weighted by Gasteiger charge is 2.11. The lowest BCUT2D eigenvalue weighted by Gasteiger charge is -2.08. The third kappa shape index (κ3) is 4.23. The summed E-state index contributed by atoms with van der Waals surface area (Å²) in [5, 5.41) is 20.7. The lowest BCUT2D eigenvalue weighted by molar-refractivity contribution is 0.0866. The zero-order valence-electron chi connectivity index (χ0n) is 10.1. The predicted molar refractivity (Wildman–Crippen MR) is 67.4 cm³/mol. The highest BCUT2D eigenvalue weighted by molar-refractivity contribution is 5.98. The van der Waals surface area contributed by atoms with E-state index in [4.69, 9.17) is 15.6 Å². The summed E-state index contributed by atoms with van der Waals surface area (Å²) in [6.07, 6.45) is 0.634. The number of carbonyl (C=O) groups excluding carboxylic acids is 1. The summed E-state index contributed by atoms with van der Waals surface area (Å²) in [6.45, 7) is 1.18. The monoisotopic (exact) mass is 254 g/mol. The van der Waals surface area contributed by atoms with Crippen molar-refractivity contribution in [2.24, 2.45) is 0 Å². The summed E-state index contributed by atoms with van der Waals surface area (Å²) in [5.74, 6) is -0.575. The molecule has 100 valence electrons. The van der Waals surface area contributed by atoms with Gasteiger partial charge >= 0.3 is 0 Å². The number of amides is 1. The smallest absolute Gasteiger partial charge is 0.255 e. The number of aliphatic hydroxyl groups is 1. The average Bonchev–Trinajstić information content (AvgIpc) is 2.36. The summed E-state index contributed by atoms with van der Waals surface area (Å²) in [7, 11) is 0. The van der Waals surface area contributed by atoms with Gasteiger partial charge in [0.1, 0.15) is 0 Å². The molecule has 1 rings (SSSR count). The van der Waals surface area contributed by atoms with Gasteiger partial charge in [-0.05, 0) is 18.6 Å². The Morgan fingerprint density at radius 1 is 1.39 bits per heavy atom. The summed E-state index contributed by atoms with van der Waals surface area (Å²) in [4.78, 5) is 11.7. The Kier molecular flexibility index (Phi) is 5.96. The molecule has 1 amide bonds. The predicted octanol–water partition coefficient (Wildman–Crippen LogP) is 0.103. The van der Waals surface area contributed by atoms with Gasteiger partial charge in [0.25, 0.3) is 5.91 Å². The van der Waals surface area contributed by atoms with Crippen LogP contribution in [0.15, 0.2) is 18.2 Å². The number of hydrogen-bond acceptors (Lipinski definition) is 5. The van der Waals surface area contributed by atoms with E-state index < -0.39 is 0 Å². The number of para-hydroxylation sites is 1. The molecule has 0 aliphatic heterocycles. The first kappa shape index (κ1) is 14.3. The maximum absolute atomic E-state index is 11.7. The molecule has 6 heteroatoms. The molecule has 0 radical (unpaired) electrons. The number of benzene rings is 1. The van der Waals surface area contributed by atoms with Gasteiger partial charge in [0.05, 0.1) is 24.5 Å². The third-order valence-electron chi connectivity index (χ3n) is 2.30. The van der Waals surface area contributed by atoms with Crippen molar-refractivity contribution in [3.05, 3.63) is 23.8 Å². The molecule has 5 N–H and O–H groups in total. The standard InChI is InChI=1S/C12H18N2O4/c13-10-4-1-3-9(11(10)16)12(17)14-5-2-7-18-8-6-15/h1,3-4,15-16H,2,5-8,13H2,(H,14,17). The number of aromatic hydroxyl groups is 1. The molecule has 0 saturated heterocycles. The number of nitrogens with one attached hydrogen (secondary N) is 1. The van der Waals surface area contributed by atoms with Crippen molar-refractivity contribution in [1.29, 1.82) is 0 Å². The zero-order chi connectivity index (χ0) is 13.4. The van der Waals surface area contributed by atoms with Crippen molar-refractivity contribution < 1.29 is 19.7 Å². The van der Waals surface area contributed by atoms with Crippen LogP contribution in [-0.4, -0.2) is 42.5 Å². The van der Waals surface area contributed by atoms with Gasteiger partial charge in [-0.3, -0.25) is 4.79 Å². The zero-order valence-corrected chi connectivity index (χ0v) is 10.1. The fraction of sp³-hybridized carbons (Fsp3) is 0.417. The number of ether oxygens (including phenoxy) is 1. The van der Waals surface area contributed by atoms with Crippen LogP contribution in [0.3, 0.4) is 0 Å². The lowest BCUT2D eigenvalue weighted by Crippen LogP contribution is -2.25. The summed E-state index contributed by atoms with van der Waals surface area (Å²) in [5.41, 5.74) is 5.83. The van der Waals surface area contributed by atoms with Crippen LogP contribution in [-0.2, 0) is 4.74 Å². The Hall–Kier alpha value is -1.79. The minimum Gasteiger partial charge on any atom is -0.505 e. The van der Waals surface area contributed by atoms with E-state index in [0.29, 0.717) is 26.2 Å². The molecule has 0 aromatic heterocycles. The van der Waals surface area contributed by atoms with E-state index in [1.807, 2.05) is 0 Å². The van der Waals surface area contributed by atoms with E-state index in [0.717, 1.165) is 0 Å². The molecule has 0 fully saturated rings. The van der Waals surface area contributed by atoms with Crippen LogP contribution in [0.4, 0.5) is 5.69 Å². The highest BCUT2D eigenvalue weighted by Crippen LogP contribution is 2.23. The number of nitrogens with two attached hydrogens (primary N) is 1. The maximum atomic E-state index is 11.7. The SMILES string of the molecule is Nc1cccc(C(=O)NCCCOCCO)c1O. The van der Waals surface area contributed by atoms with Crippen LogP contribution in [0.1, 0.15) is 16.8 Å². The molecule has 0 unspecified atom stereocenters. The van der Waals surface area contributed by atoms with Crippen molar-refractivity contribution in [3.63, 3.8) is 0 Å². The van der Waals surface area contributed by atoms with E-state index in [9.17, 15) is 9.90 Å². The van der Waals surface area contributed by atoms with Crippen LogP contribution in [0.5, 0.6) is 5.75 Å². The Morgan fingerprint density at radius 3 is 2.89 bits per heavy atom. The maximum Gasteiger partial charge on any atom is 0.255 e. The third-order valence-corrected chi connectivity index (χ3v) is 2.30. The van der Waals surface area contributed by atoms with Crippen LogP contribution >= 0.6 is 0 Å². The first-order chi connectivity index (χ1) is 8.66. The molecule has 0 bridgehead atoms. The molecule has 18 heavy (non-hydrogen) atoms. The fourth-order valence-corrected chi connectivity index (χ4v) is 1.38. The Balaban J connectivity index is 2.35. The normalized spacial score (nSPS) is 10.3. The number of hydrogen-bond donors (Lipinski definition) is 4. The number of aliphatic hydroxyl groups excluding tert-OH is 1. The molecule has 1 aromatic carbocycles. The number of nitrogen functional groups attached to an aromatic ring is 1. The van der Waals surface area contributed by atoms with Crippen molar-refractivity contribution in [2.45, 2.75) is 6.42 Å². The number of rotatable bonds is 7. The lowest BCUT2D eigenvalue weighted by atomic mass is 10.1. The fourth-order valence-electron chi connectivity index (χ4n) is 1.38. The molecular weight excluding hydrogens is 236 g/mol. The molecule has 0 aliphatic rings. The van der Waals surface area contributed by atoms with Gasteiger partial charge in [0.15, 0.2) is 5.75 Å². The number of phenols is 1. The van der Waals surface area contributed by atoms with Crippen molar-refractivity contribution in [1.82, 2.24) is 5.32 Å². The first-order valence-electron chi connectivity index (χ1n) is 5.71. The van der Waals surface area contributed by atoms with Gasteiger partial charge in [-0.2, -0.15) is 0 Å². The van der Waals surface area contributed by atoms with Gasteiger partial charge in [0.2, 0.25) is 0 Å². The number of anilines is 1. The van der Waals surface area contributed by atoms with Crippen LogP contribution in [0.25, 0.3) is 0 Å². The second-order valence-corrected chi connectivity index (χ2v) is 3.69. The molecular formula is C12H18N2O4. The van der Waals surface area contributed by atoms with Gasteiger partial charge in [0, 0.05) is 13.2 Å². The molecule has 1 aromatic rings. The van der Waals surface area contributed by atoms with Crippen molar-refractivity contribution in [2.75, 3.05) is 32.1 Å². The van der Waals surface area contributed by atoms with E-state index in [-0.39, 0.29) is 29.5 Å². The highest BCUT2D eigenvalue weighted by atomic mass is 16.5. The minimum atomic E-state index is -0.373. The van der Waals surface area contributed by atoms with Gasteiger partial charge < -0.3 is 26.0 Å². The molecule has 6 nitrogen and oxygen atoms in total. The molecule has 0 saturated carbocycles. The second kappa shape index (κ2) is 7.52. The average molecular weight is 254 g/mol. The van der Waals surface area contributed by atoms with Crippen LogP contribution in [0, 0.1) is 0 Å². The quantitative estimate of drug-likeness (QED) is 0.314. The summed E-state index contributed by atoms with van der Waals surface area (Å²) >= 11 is 0. The Labute approximate surface area is 105 Å². The molecule has 0 spiro atoms. The molecule has 0 aliphatic carbocycles. The minimum absolute atomic E-state index is 0.0104.